The van der Waals surface area contributed by atoms with Crippen molar-refractivity contribution in [1.29, 1.82) is 0 Å². The molecular formula is C23H40O5Si. The first-order valence-electron chi connectivity index (χ1n) is 10.8. The molecular weight excluding hydrogens is 384 g/mol. The third-order valence-electron chi connectivity index (χ3n) is 5.08. The number of Topliss-reactive ketones (excluding diaryl/α,β-unsaturated/α-hetero) is 1. The zero-order valence-corrected chi connectivity index (χ0v) is 20.0. The maximum atomic E-state index is 11.4. The molecule has 0 aliphatic carbocycles. The summed E-state index contributed by atoms with van der Waals surface area (Å²) in [4.78, 5) is 11.4. The first-order chi connectivity index (χ1) is 13.7. The number of ether oxygens (including phenoxy) is 1. The van der Waals surface area contributed by atoms with Crippen LogP contribution in [0.5, 0.6) is 0 Å². The highest BCUT2D eigenvalue weighted by Crippen LogP contribution is 2.36. The van der Waals surface area contributed by atoms with Gasteiger partial charge in [-0.25, -0.2) is 0 Å². The lowest BCUT2D eigenvalue weighted by molar-refractivity contribution is -0.119. The van der Waals surface area contributed by atoms with Crippen LogP contribution in [0.2, 0.25) is 11.1 Å². The van der Waals surface area contributed by atoms with Crippen molar-refractivity contribution in [2.75, 3.05) is 13.2 Å². The van der Waals surface area contributed by atoms with Gasteiger partial charge in [0.05, 0.1) is 18.8 Å². The van der Waals surface area contributed by atoms with Crippen LogP contribution in [0, 0.1) is 0 Å². The average molecular weight is 425 g/mol. The van der Waals surface area contributed by atoms with E-state index in [9.17, 15) is 9.90 Å². The standard InChI is InChI=1S/C23H40O5Si/c1-7-27-29(18(2)3,19(4)5)28-23(16-22(25)15-20(6)24)13-14-26-17-21-11-9-8-10-12-21/h8-12,18-19,22-23,25H,7,13-17H2,1-6H3/t22-,23+/m1/s1. The molecule has 0 amide bonds. The molecule has 2 atom stereocenters. The molecule has 1 N–H and O–H groups in total. The number of benzene rings is 1. The Morgan fingerprint density at radius 1 is 1.10 bits per heavy atom. The molecule has 1 aromatic carbocycles. The second-order valence-electron chi connectivity index (χ2n) is 8.33. The number of ketones is 1. The Labute approximate surface area is 178 Å². The van der Waals surface area contributed by atoms with Gasteiger partial charge >= 0.3 is 8.56 Å². The van der Waals surface area contributed by atoms with E-state index in [0.29, 0.717) is 32.7 Å². The first kappa shape index (κ1) is 26.0. The summed E-state index contributed by atoms with van der Waals surface area (Å²) >= 11 is 0. The molecule has 0 radical (unpaired) electrons. The second kappa shape index (κ2) is 13.3. The summed E-state index contributed by atoms with van der Waals surface area (Å²) in [5.41, 5.74) is 1.68. The summed E-state index contributed by atoms with van der Waals surface area (Å²) in [6, 6.07) is 10.1. The fourth-order valence-electron chi connectivity index (χ4n) is 3.71. The molecule has 0 aliphatic heterocycles. The van der Waals surface area contributed by atoms with Crippen molar-refractivity contribution in [3.63, 3.8) is 0 Å². The number of carbonyl (C=O) groups is 1. The normalized spacial score (nSPS) is 14.4. The molecule has 5 nitrogen and oxygen atoms in total. The number of aliphatic hydroxyl groups is 1. The molecule has 0 unspecified atom stereocenters. The Hall–Kier alpha value is -1.05. The molecule has 0 fully saturated rings. The minimum atomic E-state index is -2.50. The van der Waals surface area contributed by atoms with Gasteiger partial charge in [0, 0.05) is 19.6 Å². The quantitative estimate of drug-likeness (QED) is 0.317. The van der Waals surface area contributed by atoms with Gasteiger partial charge in [0.15, 0.2) is 0 Å². The Bertz CT molecular complexity index is 568. The molecule has 29 heavy (non-hydrogen) atoms. The van der Waals surface area contributed by atoms with Crippen LogP contribution in [-0.4, -0.2) is 44.9 Å². The van der Waals surface area contributed by atoms with Crippen LogP contribution in [-0.2, 0) is 25.0 Å². The van der Waals surface area contributed by atoms with E-state index in [1.54, 1.807) is 0 Å². The number of hydrogen-bond acceptors (Lipinski definition) is 5. The molecule has 1 aromatic rings. The van der Waals surface area contributed by atoms with Crippen LogP contribution in [0.25, 0.3) is 0 Å². The Morgan fingerprint density at radius 2 is 1.72 bits per heavy atom. The molecule has 0 saturated carbocycles. The topological polar surface area (TPSA) is 65.0 Å². The molecule has 0 saturated heterocycles. The van der Waals surface area contributed by atoms with Crippen LogP contribution < -0.4 is 0 Å². The van der Waals surface area contributed by atoms with Crippen molar-refractivity contribution in [1.82, 2.24) is 0 Å². The Kier molecular flexibility index (Phi) is 11.9. The van der Waals surface area contributed by atoms with E-state index >= 15 is 0 Å². The number of rotatable bonds is 15. The predicted molar refractivity (Wildman–Crippen MR) is 119 cm³/mol. The molecule has 0 spiro atoms. The third-order valence-corrected chi connectivity index (χ3v) is 9.74. The summed E-state index contributed by atoms with van der Waals surface area (Å²) in [7, 11) is -2.50. The minimum absolute atomic E-state index is 0.0161. The zero-order valence-electron chi connectivity index (χ0n) is 19.0. The van der Waals surface area contributed by atoms with E-state index in [1.165, 1.54) is 6.92 Å². The van der Waals surface area contributed by atoms with Crippen molar-refractivity contribution < 1.29 is 23.5 Å². The van der Waals surface area contributed by atoms with Crippen molar-refractivity contribution in [3.8, 4) is 0 Å². The van der Waals surface area contributed by atoms with Crippen molar-refractivity contribution >= 4 is 14.3 Å². The zero-order chi connectivity index (χ0) is 21.9. The van der Waals surface area contributed by atoms with Crippen LogP contribution >= 0.6 is 0 Å². The van der Waals surface area contributed by atoms with Crippen molar-refractivity contribution in [3.05, 3.63) is 35.9 Å². The highest BCUT2D eigenvalue weighted by atomic mass is 28.4. The minimum Gasteiger partial charge on any atom is -0.394 e. The van der Waals surface area contributed by atoms with Crippen LogP contribution in [0.3, 0.4) is 0 Å². The SMILES string of the molecule is CCO[Si](O[C@@H](CCOCc1ccccc1)C[C@H](O)CC(C)=O)(C(C)C)C(C)C. The van der Waals surface area contributed by atoms with E-state index in [-0.39, 0.29) is 29.4 Å². The van der Waals surface area contributed by atoms with E-state index in [2.05, 4.69) is 27.7 Å². The highest BCUT2D eigenvalue weighted by Gasteiger charge is 2.46. The lowest BCUT2D eigenvalue weighted by atomic mass is 10.1. The molecule has 0 heterocycles. The highest BCUT2D eigenvalue weighted by molar-refractivity contribution is 6.70. The van der Waals surface area contributed by atoms with E-state index in [1.807, 2.05) is 37.3 Å². The van der Waals surface area contributed by atoms with Gasteiger partial charge in [-0.05, 0) is 43.3 Å². The fourth-order valence-corrected chi connectivity index (χ4v) is 7.51. The van der Waals surface area contributed by atoms with Crippen molar-refractivity contribution in [2.45, 2.75) is 90.7 Å². The van der Waals surface area contributed by atoms with Gasteiger partial charge < -0.3 is 18.7 Å². The van der Waals surface area contributed by atoms with Gasteiger partial charge in [-0.15, -0.1) is 0 Å². The molecule has 1 rings (SSSR count). The second-order valence-corrected chi connectivity index (χ2v) is 12.6. The largest absolute Gasteiger partial charge is 0.394 e. The summed E-state index contributed by atoms with van der Waals surface area (Å²) in [5.74, 6) is -0.0161. The van der Waals surface area contributed by atoms with Crippen LogP contribution in [0.1, 0.15) is 66.4 Å². The summed E-state index contributed by atoms with van der Waals surface area (Å²) in [6.45, 7) is 13.8. The van der Waals surface area contributed by atoms with Crippen LogP contribution in [0.15, 0.2) is 30.3 Å². The molecule has 0 aliphatic rings. The Balaban J connectivity index is 2.80. The van der Waals surface area contributed by atoms with E-state index in [4.69, 9.17) is 13.6 Å². The number of aliphatic hydroxyl groups excluding tert-OH is 1. The lowest BCUT2D eigenvalue weighted by Crippen LogP contribution is -2.51. The first-order valence-corrected chi connectivity index (χ1v) is 12.8. The molecule has 0 bridgehead atoms. The lowest BCUT2D eigenvalue weighted by Gasteiger charge is -2.40. The van der Waals surface area contributed by atoms with E-state index in [0.717, 1.165) is 5.56 Å². The van der Waals surface area contributed by atoms with Gasteiger partial charge in [-0.2, -0.15) is 0 Å². The Morgan fingerprint density at radius 3 is 2.24 bits per heavy atom. The molecule has 166 valence electrons. The van der Waals surface area contributed by atoms with Crippen LogP contribution in [0.4, 0.5) is 0 Å². The monoisotopic (exact) mass is 424 g/mol. The van der Waals surface area contributed by atoms with Gasteiger partial charge in [0.25, 0.3) is 0 Å². The summed E-state index contributed by atoms with van der Waals surface area (Å²) in [5, 5.41) is 10.4. The summed E-state index contributed by atoms with van der Waals surface area (Å²) in [6.07, 6.45) is 0.304. The van der Waals surface area contributed by atoms with Gasteiger partial charge in [0.2, 0.25) is 0 Å². The predicted octanol–water partition coefficient (Wildman–Crippen LogP) is 5.01. The van der Waals surface area contributed by atoms with E-state index < -0.39 is 14.7 Å². The maximum absolute atomic E-state index is 11.4. The average Bonchev–Trinajstić information content (AvgIpc) is 2.64. The fraction of sp³-hybridized carbons (Fsp3) is 0.696. The van der Waals surface area contributed by atoms with Gasteiger partial charge in [-0.1, -0.05) is 58.0 Å². The summed E-state index contributed by atoms with van der Waals surface area (Å²) < 4.78 is 18.8. The molecule has 0 aromatic heterocycles. The van der Waals surface area contributed by atoms with Gasteiger partial charge in [-0.3, -0.25) is 4.79 Å². The third kappa shape index (κ3) is 9.09. The van der Waals surface area contributed by atoms with Crippen molar-refractivity contribution in [2.24, 2.45) is 0 Å². The van der Waals surface area contributed by atoms with Gasteiger partial charge in [0.1, 0.15) is 5.78 Å². The number of hydrogen-bond donors (Lipinski definition) is 1. The molecule has 6 heteroatoms. The number of carbonyl (C=O) groups excluding carboxylic acids is 1. The smallest absolute Gasteiger partial charge is 0.343 e. The maximum Gasteiger partial charge on any atom is 0.343 e.